The van der Waals surface area contributed by atoms with Gasteiger partial charge in [0.2, 0.25) is 0 Å². The van der Waals surface area contributed by atoms with E-state index in [0.717, 1.165) is 70.6 Å². The van der Waals surface area contributed by atoms with Gasteiger partial charge < -0.3 is 27.9 Å². The maximum absolute atomic E-state index is 12.6. The molecule has 10 heteroatoms. The number of hydrogen-bond donors (Lipinski definition) is 0. The zero-order valence-corrected chi connectivity index (χ0v) is 36.9. The maximum Gasteiger partial charge on any atom is 0.306 e. The highest BCUT2D eigenvalue weighted by Gasteiger charge is 2.21. The van der Waals surface area contributed by atoms with E-state index in [2.05, 4.69) is 80.7 Å². The van der Waals surface area contributed by atoms with Crippen LogP contribution in [0.15, 0.2) is 72.9 Å². The summed E-state index contributed by atoms with van der Waals surface area (Å²) in [6.07, 6.45) is 46.5. The van der Waals surface area contributed by atoms with Crippen molar-refractivity contribution in [1.29, 1.82) is 0 Å². The van der Waals surface area contributed by atoms with Crippen molar-refractivity contribution in [3.8, 4) is 0 Å². The van der Waals surface area contributed by atoms with Crippen molar-refractivity contribution in [3.05, 3.63) is 72.9 Å². The van der Waals surface area contributed by atoms with E-state index >= 15 is 0 Å². The average molecular weight is 806 g/mol. The van der Waals surface area contributed by atoms with Crippen LogP contribution >= 0.6 is 7.82 Å². The Hall–Kier alpha value is -2.55. The van der Waals surface area contributed by atoms with Gasteiger partial charge in [0.1, 0.15) is 19.8 Å². The number of hydrogen-bond acceptors (Lipinski definition) is 8. The van der Waals surface area contributed by atoms with Gasteiger partial charge in [0.05, 0.1) is 27.7 Å². The Kier molecular flexibility index (Phi) is 36.3. The molecule has 0 aromatic heterocycles. The van der Waals surface area contributed by atoms with Gasteiger partial charge in [0, 0.05) is 12.8 Å². The lowest BCUT2D eigenvalue weighted by Gasteiger charge is -2.28. The Morgan fingerprint density at radius 3 is 1.57 bits per heavy atom. The summed E-state index contributed by atoms with van der Waals surface area (Å²) < 4.78 is 33.8. The van der Waals surface area contributed by atoms with Crippen LogP contribution < -0.4 is 4.89 Å². The van der Waals surface area contributed by atoms with E-state index < -0.39 is 32.5 Å². The minimum atomic E-state index is -4.64. The monoisotopic (exact) mass is 806 g/mol. The normalized spacial score (nSPS) is 14.3. The van der Waals surface area contributed by atoms with Gasteiger partial charge in [-0.15, -0.1) is 0 Å². The standard InChI is InChI=1S/C46H80NO8P/c1-6-8-10-12-14-16-18-20-22-23-25-27-29-31-33-35-37-39-46(49)55-44(43-54-56(50,51)53-41-40-47(3,4)5)42-52-45(48)38-36-34-32-30-28-26-24-21-19-17-15-13-11-9-7-2/h9,11,15,17,20-22,24-25,27,31,33,44H,6-8,10,12-14,16,18-19,23,26,28-30,32,34-43H2,1-5H3/b11-9-,17-15-,22-20-,24-21-,27-25-,33-31-/t44-/m1/s1. The third-order valence-electron chi connectivity index (χ3n) is 8.71. The lowest BCUT2D eigenvalue weighted by atomic mass is 10.1. The number of phosphoric ester groups is 1. The summed E-state index contributed by atoms with van der Waals surface area (Å²) in [5.41, 5.74) is 0. The van der Waals surface area contributed by atoms with Crippen molar-refractivity contribution in [3.63, 3.8) is 0 Å². The number of carbonyl (C=O) groups is 2. The van der Waals surface area contributed by atoms with Crippen LogP contribution in [0.1, 0.15) is 155 Å². The molecule has 0 aliphatic heterocycles. The first-order chi connectivity index (χ1) is 27.0. The van der Waals surface area contributed by atoms with Crippen molar-refractivity contribution in [2.24, 2.45) is 0 Å². The molecule has 0 N–H and O–H groups in total. The summed E-state index contributed by atoms with van der Waals surface area (Å²) in [7, 11) is 1.11. The molecule has 0 fully saturated rings. The SMILES string of the molecule is CC/C=C\C/C=C\C/C=C\CCCCCCCC(=O)OC[C@H](COP(=O)([O-])OCC[N+](C)(C)C)OC(=O)CCC/C=C\C/C=C\C/C=C\CCCCCCCC. The van der Waals surface area contributed by atoms with E-state index in [0.29, 0.717) is 30.3 Å². The molecular formula is C46H80NO8P. The van der Waals surface area contributed by atoms with Gasteiger partial charge in [-0.1, -0.05) is 138 Å². The van der Waals surface area contributed by atoms with E-state index in [9.17, 15) is 19.0 Å². The molecular weight excluding hydrogens is 725 g/mol. The maximum atomic E-state index is 12.6. The van der Waals surface area contributed by atoms with Crippen LogP contribution in [-0.4, -0.2) is 70.0 Å². The molecule has 0 rings (SSSR count). The summed E-state index contributed by atoms with van der Waals surface area (Å²) in [6.45, 7) is 4.01. The van der Waals surface area contributed by atoms with Crippen LogP contribution in [0.25, 0.3) is 0 Å². The average Bonchev–Trinajstić information content (AvgIpc) is 3.15. The zero-order chi connectivity index (χ0) is 41.4. The first kappa shape index (κ1) is 53.5. The number of esters is 2. The molecule has 9 nitrogen and oxygen atoms in total. The molecule has 0 amide bonds. The van der Waals surface area contributed by atoms with Crippen molar-refractivity contribution in [1.82, 2.24) is 0 Å². The quantitative estimate of drug-likeness (QED) is 0.0199. The van der Waals surface area contributed by atoms with Crippen molar-refractivity contribution >= 4 is 19.8 Å². The van der Waals surface area contributed by atoms with E-state index in [1.807, 2.05) is 27.2 Å². The minimum absolute atomic E-state index is 0.0465. The third-order valence-corrected chi connectivity index (χ3v) is 9.67. The van der Waals surface area contributed by atoms with Gasteiger partial charge in [-0.2, -0.15) is 0 Å². The van der Waals surface area contributed by atoms with Gasteiger partial charge in [-0.05, 0) is 77.0 Å². The highest BCUT2D eigenvalue weighted by atomic mass is 31.2. The number of ether oxygens (including phenoxy) is 2. The number of allylic oxidation sites excluding steroid dienone is 12. The third kappa shape index (κ3) is 41.1. The number of unbranched alkanes of at least 4 members (excludes halogenated alkanes) is 12. The zero-order valence-electron chi connectivity index (χ0n) is 36.1. The van der Waals surface area contributed by atoms with E-state index in [-0.39, 0.29) is 26.1 Å². The van der Waals surface area contributed by atoms with Crippen molar-refractivity contribution in [2.45, 2.75) is 161 Å². The number of nitrogens with zero attached hydrogens (tertiary/aromatic N) is 1. The molecule has 0 aliphatic rings. The van der Waals surface area contributed by atoms with Crippen LogP contribution in [0.2, 0.25) is 0 Å². The second-order valence-corrected chi connectivity index (χ2v) is 16.7. The molecule has 0 aromatic rings. The Labute approximate surface area is 342 Å². The van der Waals surface area contributed by atoms with E-state index in [1.165, 1.54) is 38.5 Å². The van der Waals surface area contributed by atoms with Gasteiger partial charge in [-0.3, -0.25) is 14.2 Å². The molecule has 322 valence electrons. The van der Waals surface area contributed by atoms with Crippen LogP contribution in [-0.2, 0) is 32.7 Å². The molecule has 0 spiro atoms. The highest BCUT2D eigenvalue weighted by molar-refractivity contribution is 7.45. The van der Waals surface area contributed by atoms with Crippen LogP contribution in [0.5, 0.6) is 0 Å². The summed E-state index contributed by atoms with van der Waals surface area (Å²) in [4.78, 5) is 37.5. The Bertz CT molecular complexity index is 1180. The Balaban J connectivity index is 4.50. The molecule has 0 saturated heterocycles. The van der Waals surface area contributed by atoms with E-state index in [1.54, 1.807) is 0 Å². The number of rotatable bonds is 38. The molecule has 0 saturated carbocycles. The second kappa shape index (κ2) is 38.0. The number of likely N-dealkylation sites (N-methyl/N-ethyl adjacent to an activating group) is 1. The largest absolute Gasteiger partial charge is 0.756 e. The number of carbonyl (C=O) groups excluding carboxylic acids is 2. The Morgan fingerprint density at radius 2 is 1.04 bits per heavy atom. The number of phosphoric acid groups is 1. The molecule has 0 aliphatic carbocycles. The predicted octanol–water partition coefficient (Wildman–Crippen LogP) is 11.6. The summed E-state index contributed by atoms with van der Waals surface area (Å²) in [5, 5.41) is 0. The summed E-state index contributed by atoms with van der Waals surface area (Å²) >= 11 is 0. The minimum Gasteiger partial charge on any atom is -0.756 e. The summed E-state index contributed by atoms with van der Waals surface area (Å²) in [5.74, 6) is -0.923. The van der Waals surface area contributed by atoms with Crippen LogP contribution in [0.4, 0.5) is 0 Å². The Morgan fingerprint density at radius 1 is 0.571 bits per heavy atom. The fourth-order valence-corrected chi connectivity index (χ4v) is 6.06. The van der Waals surface area contributed by atoms with Crippen LogP contribution in [0, 0.1) is 0 Å². The lowest BCUT2D eigenvalue weighted by Crippen LogP contribution is -2.37. The molecule has 0 bridgehead atoms. The highest BCUT2D eigenvalue weighted by Crippen LogP contribution is 2.38. The fraction of sp³-hybridized carbons (Fsp3) is 0.696. The van der Waals surface area contributed by atoms with Crippen LogP contribution in [0.3, 0.4) is 0 Å². The molecule has 0 heterocycles. The second-order valence-electron chi connectivity index (χ2n) is 15.3. The fourth-order valence-electron chi connectivity index (χ4n) is 5.33. The molecule has 0 aromatic carbocycles. The van der Waals surface area contributed by atoms with Crippen molar-refractivity contribution < 1.29 is 42.1 Å². The first-order valence-corrected chi connectivity index (χ1v) is 23.1. The molecule has 2 atom stereocenters. The topological polar surface area (TPSA) is 111 Å². The van der Waals surface area contributed by atoms with Gasteiger partial charge in [-0.25, -0.2) is 0 Å². The first-order valence-electron chi connectivity index (χ1n) is 21.6. The molecule has 56 heavy (non-hydrogen) atoms. The molecule has 1 unspecified atom stereocenters. The van der Waals surface area contributed by atoms with Crippen molar-refractivity contribution in [2.75, 3.05) is 47.5 Å². The van der Waals surface area contributed by atoms with Gasteiger partial charge >= 0.3 is 11.9 Å². The van der Waals surface area contributed by atoms with Gasteiger partial charge in [0.25, 0.3) is 7.82 Å². The predicted molar refractivity (Wildman–Crippen MR) is 231 cm³/mol. The summed E-state index contributed by atoms with van der Waals surface area (Å²) in [6, 6.07) is 0. The smallest absolute Gasteiger partial charge is 0.306 e. The molecule has 0 radical (unpaired) electrons. The van der Waals surface area contributed by atoms with Gasteiger partial charge in [0.15, 0.2) is 6.10 Å². The lowest BCUT2D eigenvalue weighted by molar-refractivity contribution is -0.870. The van der Waals surface area contributed by atoms with E-state index in [4.69, 9.17) is 18.5 Å². The number of quaternary nitrogens is 1.